The molecule has 2 aromatic carbocycles. The van der Waals surface area contributed by atoms with Crippen LogP contribution in [-0.2, 0) is 4.79 Å². The lowest BCUT2D eigenvalue weighted by atomic mass is 10.0. The van der Waals surface area contributed by atoms with E-state index in [1.165, 1.54) is 0 Å². The van der Waals surface area contributed by atoms with Gasteiger partial charge in [-0.05, 0) is 24.6 Å². The molecule has 1 aliphatic heterocycles. The van der Waals surface area contributed by atoms with E-state index in [4.69, 9.17) is 0 Å². The molecule has 0 radical (unpaired) electrons. The zero-order valence-electron chi connectivity index (χ0n) is 13.8. The van der Waals surface area contributed by atoms with Gasteiger partial charge in [0.2, 0.25) is 5.91 Å². The summed E-state index contributed by atoms with van der Waals surface area (Å²) >= 11 is 0. The number of carbonyl (C=O) groups is 2. The van der Waals surface area contributed by atoms with Gasteiger partial charge in [-0.15, -0.1) is 0 Å². The van der Waals surface area contributed by atoms with Crippen molar-refractivity contribution < 1.29 is 9.59 Å². The van der Waals surface area contributed by atoms with Gasteiger partial charge in [0.05, 0.1) is 5.69 Å². The van der Waals surface area contributed by atoms with Gasteiger partial charge in [-0.2, -0.15) is 0 Å². The van der Waals surface area contributed by atoms with Crippen LogP contribution in [0.25, 0.3) is 10.8 Å². The van der Waals surface area contributed by atoms with Gasteiger partial charge in [-0.1, -0.05) is 39.3 Å². The van der Waals surface area contributed by atoms with Crippen molar-refractivity contribution in [1.82, 2.24) is 0 Å². The summed E-state index contributed by atoms with van der Waals surface area (Å²) in [4.78, 5) is 26.5. The second kappa shape index (κ2) is 6.03. The quantitative estimate of drug-likeness (QED) is 0.900. The molecule has 1 aliphatic rings. The van der Waals surface area contributed by atoms with E-state index >= 15 is 0 Å². The van der Waals surface area contributed by atoms with Crippen molar-refractivity contribution in [2.75, 3.05) is 16.8 Å². The molecule has 0 atom stereocenters. The van der Waals surface area contributed by atoms with Gasteiger partial charge in [0.15, 0.2) is 0 Å². The van der Waals surface area contributed by atoms with E-state index in [0.29, 0.717) is 0 Å². The van der Waals surface area contributed by atoms with Crippen molar-refractivity contribution in [3.63, 3.8) is 0 Å². The molecule has 3 rings (SSSR count). The SMILES string of the molecule is CCCCN1C(=O)c2cccc3c(NC(=O)C(C)C)ccc1c23. The highest BCUT2D eigenvalue weighted by molar-refractivity contribution is 6.27. The van der Waals surface area contributed by atoms with Crippen molar-refractivity contribution in [2.24, 2.45) is 5.92 Å². The zero-order valence-corrected chi connectivity index (χ0v) is 13.8. The molecule has 2 amide bonds. The van der Waals surface area contributed by atoms with Crippen LogP contribution in [-0.4, -0.2) is 18.4 Å². The zero-order chi connectivity index (χ0) is 16.6. The minimum absolute atomic E-state index is 0.0159. The molecule has 4 heteroatoms. The Labute approximate surface area is 136 Å². The van der Waals surface area contributed by atoms with Gasteiger partial charge in [0.25, 0.3) is 5.91 Å². The third kappa shape index (κ3) is 2.58. The Balaban J connectivity index is 2.08. The van der Waals surface area contributed by atoms with Crippen molar-refractivity contribution >= 4 is 34.0 Å². The lowest BCUT2D eigenvalue weighted by Gasteiger charge is -2.18. The van der Waals surface area contributed by atoms with E-state index in [0.717, 1.165) is 47.1 Å². The van der Waals surface area contributed by atoms with Crippen LogP contribution < -0.4 is 10.2 Å². The molecule has 120 valence electrons. The predicted octanol–water partition coefficient (Wildman–Crippen LogP) is 4.19. The maximum absolute atomic E-state index is 12.7. The highest BCUT2D eigenvalue weighted by Gasteiger charge is 2.30. The van der Waals surface area contributed by atoms with E-state index in [9.17, 15) is 9.59 Å². The molecule has 1 heterocycles. The van der Waals surface area contributed by atoms with Crippen LogP contribution in [0.15, 0.2) is 30.3 Å². The molecule has 0 bridgehead atoms. The topological polar surface area (TPSA) is 49.4 Å². The maximum atomic E-state index is 12.7. The molecule has 0 aromatic heterocycles. The lowest BCUT2D eigenvalue weighted by molar-refractivity contribution is -0.118. The number of benzene rings is 2. The van der Waals surface area contributed by atoms with Crippen molar-refractivity contribution in [3.8, 4) is 0 Å². The number of carbonyl (C=O) groups excluding carboxylic acids is 2. The largest absolute Gasteiger partial charge is 0.325 e. The van der Waals surface area contributed by atoms with Crippen LogP contribution in [0.3, 0.4) is 0 Å². The number of hydrogen-bond donors (Lipinski definition) is 1. The normalized spacial score (nSPS) is 13.2. The lowest BCUT2D eigenvalue weighted by Crippen LogP contribution is -2.27. The number of amides is 2. The Morgan fingerprint density at radius 3 is 2.70 bits per heavy atom. The van der Waals surface area contributed by atoms with Gasteiger partial charge in [-0.3, -0.25) is 9.59 Å². The first-order chi connectivity index (χ1) is 11.0. The molecule has 0 saturated heterocycles. The van der Waals surface area contributed by atoms with Crippen LogP contribution in [0.5, 0.6) is 0 Å². The average Bonchev–Trinajstić information content (AvgIpc) is 2.81. The summed E-state index contributed by atoms with van der Waals surface area (Å²) in [6.07, 6.45) is 2.03. The fourth-order valence-electron chi connectivity index (χ4n) is 2.97. The molecule has 0 aliphatic carbocycles. The van der Waals surface area contributed by atoms with Gasteiger partial charge >= 0.3 is 0 Å². The molecule has 2 aromatic rings. The van der Waals surface area contributed by atoms with Gasteiger partial charge in [0, 0.05) is 34.5 Å². The van der Waals surface area contributed by atoms with E-state index < -0.39 is 0 Å². The Hall–Kier alpha value is -2.36. The Morgan fingerprint density at radius 2 is 2.00 bits per heavy atom. The van der Waals surface area contributed by atoms with E-state index in [1.54, 1.807) is 0 Å². The number of anilines is 2. The Bertz CT molecular complexity index is 780. The maximum Gasteiger partial charge on any atom is 0.258 e. The Kier molecular flexibility index (Phi) is 4.07. The van der Waals surface area contributed by atoms with Crippen molar-refractivity contribution in [1.29, 1.82) is 0 Å². The molecular formula is C19H22N2O2. The smallest absolute Gasteiger partial charge is 0.258 e. The fraction of sp³-hybridized carbons (Fsp3) is 0.368. The molecule has 0 fully saturated rings. The highest BCUT2D eigenvalue weighted by Crippen LogP contribution is 2.40. The van der Waals surface area contributed by atoms with Gasteiger partial charge < -0.3 is 10.2 Å². The van der Waals surface area contributed by atoms with E-state index in [-0.39, 0.29) is 17.7 Å². The number of nitrogens with one attached hydrogen (secondary N) is 1. The fourth-order valence-corrected chi connectivity index (χ4v) is 2.97. The summed E-state index contributed by atoms with van der Waals surface area (Å²) in [5, 5.41) is 4.86. The third-order valence-corrected chi connectivity index (χ3v) is 4.30. The molecule has 1 N–H and O–H groups in total. The van der Waals surface area contributed by atoms with Crippen molar-refractivity contribution in [3.05, 3.63) is 35.9 Å². The molecule has 0 spiro atoms. The number of nitrogens with zero attached hydrogens (tertiary/aromatic N) is 1. The summed E-state index contributed by atoms with van der Waals surface area (Å²) in [7, 11) is 0. The molecule has 4 nitrogen and oxygen atoms in total. The summed E-state index contributed by atoms with van der Waals surface area (Å²) < 4.78 is 0. The van der Waals surface area contributed by atoms with E-state index in [1.807, 2.05) is 49.1 Å². The van der Waals surface area contributed by atoms with Crippen LogP contribution in [0, 0.1) is 5.92 Å². The van der Waals surface area contributed by atoms with Crippen LogP contribution >= 0.6 is 0 Å². The number of hydrogen-bond acceptors (Lipinski definition) is 2. The minimum Gasteiger partial charge on any atom is -0.325 e. The minimum atomic E-state index is -0.0827. The monoisotopic (exact) mass is 310 g/mol. The molecule has 0 saturated carbocycles. The van der Waals surface area contributed by atoms with Gasteiger partial charge in [-0.25, -0.2) is 0 Å². The molecular weight excluding hydrogens is 288 g/mol. The first-order valence-electron chi connectivity index (χ1n) is 8.23. The first kappa shape index (κ1) is 15.5. The first-order valence-corrected chi connectivity index (χ1v) is 8.23. The van der Waals surface area contributed by atoms with Crippen molar-refractivity contribution in [2.45, 2.75) is 33.6 Å². The van der Waals surface area contributed by atoms with Crippen LogP contribution in [0.4, 0.5) is 11.4 Å². The predicted molar refractivity (Wildman–Crippen MR) is 94.0 cm³/mol. The van der Waals surface area contributed by atoms with Crippen LogP contribution in [0.1, 0.15) is 44.0 Å². The second-order valence-electron chi connectivity index (χ2n) is 6.31. The molecule has 0 unspecified atom stereocenters. The number of unbranched alkanes of at least 4 members (excludes halogenated alkanes) is 1. The molecule has 23 heavy (non-hydrogen) atoms. The standard InChI is InChI=1S/C19H22N2O2/c1-4-5-11-21-16-10-9-15(20-18(22)12(2)3)13-7-6-8-14(17(13)16)19(21)23/h6-10,12H,4-5,11H2,1-3H3,(H,20,22). The van der Waals surface area contributed by atoms with E-state index in [2.05, 4.69) is 12.2 Å². The average molecular weight is 310 g/mol. The second-order valence-corrected chi connectivity index (χ2v) is 6.31. The summed E-state index contributed by atoms with van der Waals surface area (Å²) in [6.45, 7) is 6.58. The van der Waals surface area contributed by atoms with Gasteiger partial charge in [0.1, 0.15) is 0 Å². The summed E-state index contributed by atoms with van der Waals surface area (Å²) in [5.74, 6) is -0.0371. The highest BCUT2D eigenvalue weighted by atomic mass is 16.2. The third-order valence-electron chi connectivity index (χ3n) is 4.30. The summed E-state index contributed by atoms with van der Waals surface area (Å²) in [6, 6.07) is 9.57. The Morgan fingerprint density at radius 1 is 1.22 bits per heavy atom. The van der Waals surface area contributed by atoms with Crippen LogP contribution in [0.2, 0.25) is 0 Å². The number of rotatable bonds is 5. The summed E-state index contributed by atoms with van der Waals surface area (Å²) in [5.41, 5.74) is 2.46.